The van der Waals surface area contributed by atoms with Crippen LogP contribution < -0.4 is 15.5 Å². The molecule has 2 aromatic rings. The summed E-state index contributed by atoms with van der Waals surface area (Å²) in [5.74, 6) is -0.446. The van der Waals surface area contributed by atoms with E-state index in [9.17, 15) is 23.0 Å². The summed E-state index contributed by atoms with van der Waals surface area (Å²) in [4.78, 5) is 19.8. The number of halogens is 3. The van der Waals surface area contributed by atoms with Gasteiger partial charge in [-0.2, -0.15) is 13.2 Å². The van der Waals surface area contributed by atoms with E-state index in [1.807, 2.05) is 0 Å². The molecule has 0 saturated heterocycles. The molecule has 0 aliphatic carbocycles. The van der Waals surface area contributed by atoms with E-state index in [2.05, 4.69) is 15.3 Å². The number of nitrogens with zero attached hydrogens (tertiary/aromatic N) is 2. The Balaban J connectivity index is 1.68. The van der Waals surface area contributed by atoms with Crippen LogP contribution in [0, 0.1) is 6.92 Å². The predicted octanol–water partition coefficient (Wildman–Crippen LogP) is 0.838. The summed E-state index contributed by atoms with van der Waals surface area (Å²) in [6.07, 6.45) is -3.70. The smallest absolute Gasteiger partial charge is 0.437 e. The summed E-state index contributed by atoms with van der Waals surface area (Å²) in [5, 5.41) is 20.9. The Labute approximate surface area is 163 Å². The number of alkyl halides is 3. The van der Waals surface area contributed by atoms with Gasteiger partial charge in [-0.25, -0.2) is 9.97 Å². The van der Waals surface area contributed by atoms with Crippen molar-refractivity contribution in [3.05, 3.63) is 41.3 Å². The molecule has 8 nitrogen and oxygen atoms in total. The van der Waals surface area contributed by atoms with Gasteiger partial charge < -0.3 is 24.8 Å². The summed E-state index contributed by atoms with van der Waals surface area (Å²) in [7, 11) is -1.04. The summed E-state index contributed by atoms with van der Waals surface area (Å²) in [5.41, 5.74) is 1.89. The standard InChI is InChI=1S/C17H17BF3N3O5/c1-9-13(3-2-10-8-28-18(27)15(9)10)29-14-6-22-12(5-23-14)16(26)24-11(7-25)4-17(19,20)21/h2-3,5-6,11,25,27H,4,7-8H2,1H3,(H,24,26)/t11-/m1/s1. The Kier molecular flexibility index (Phi) is 6.06. The molecule has 3 N–H and O–H groups in total. The summed E-state index contributed by atoms with van der Waals surface area (Å²) in [6, 6.07) is 1.95. The van der Waals surface area contributed by atoms with E-state index in [-0.39, 0.29) is 11.6 Å². The van der Waals surface area contributed by atoms with E-state index < -0.39 is 38.3 Å². The number of hydrogen-bond donors (Lipinski definition) is 3. The van der Waals surface area contributed by atoms with Crippen LogP contribution in [0.25, 0.3) is 0 Å². The van der Waals surface area contributed by atoms with Crippen LogP contribution in [0.2, 0.25) is 0 Å². The Morgan fingerprint density at radius 1 is 1.38 bits per heavy atom. The highest BCUT2D eigenvalue weighted by Gasteiger charge is 2.33. The third-order valence-corrected chi connectivity index (χ3v) is 4.31. The molecule has 0 bridgehead atoms. The number of rotatable bonds is 6. The van der Waals surface area contributed by atoms with Gasteiger partial charge in [0.05, 0.1) is 38.1 Å². The van der Waals surface area contributed by atoms with Gasteiger partial charge in [-0.05, 0) is 29.6 Å². The van der Waals surface area contributed by atoms with Gasteiger partial charge in [0.15, 0.2) is 0 Å². The van der Waals surface area contributed by atoms with Gasteiger partial charge in [-0.15, -0.1) is 0 Å². The van der Waals surface area contributed by atoms with Crippen LogP contribution in [-0.4, -0.2) is 51.9 Å². The van der Waals surface area contributed by atoms with Gasteiger partial charge in [0.25, 0.3) is 5.91 Å². The van der Waals surface area contributed by atoms with E-state index in [4.69, 9.17) is 14.5 Å². The topological polar surface area (TPSA) is 114 Å². The summed E-state index contributed by atoms with van der Waals surface area (Å²) in [6.45, 7) is 1.18. The minimum Gasteiger partial charge on any atom is -0.437 e. The highest BCUT2D eigenvalue weighted by atomic mass is 19.4. The molecule has 29 heavy (non-hydrogen) atoms. The zero-order chi connectivity index (χ0) is 21.2. The predicted molar refractivity (Wildman–Crippen MR) is 94.7 cm³/mol. The van der Waals surface area contributed by atoms with Crippen molar-refractivity contribution < 1.29 is 37.5 Å². The van der Waals surface area contributed by atoms with E-state index in [0.29, 0.717) is 23.4 Å². The largest absolute Gasteiger partial charge is 0.492 e. The second kappa shape index (κ2) is 8.35. The molecule has 1 aliphatic rings. The number of carbonyl (C=O) groups excluding carboxylic acids is 1. The number of carbonyl (C=O) groups is 1. The maximum Gasteiger partial charge on any atom is 0.492 e. The molecule has 0 radical (unpaired) electrons. The van der Waals surface area contributed by atoms with Gasteiger partial charge >= 0.3 is 13.3 Å². The van der Waals surface area contributed by atoms with Crippen LogP contribution in [-0.2, 0) is 11.3 Å². The molecule has 1 aliphatic heterocycles. The Hall–Kier alpha value is -2.70. The van der Waals surface area contributed by atoms with Crippen LogP contribution in [0.3, 0.4) is 0 Å². The monoisotopic (exact) mass is 411 g/mol. The fourth-order valence-electron chi connectivity index (χ4n) is 2.90. The Morgan fingerprint density at radius 2 is 2.14 bits per heavy atom. The van der Waals surface area contributed by atoms with Gasteiger partial charge in [0.2, 0.25) is 5.88 Å². The third-order valence-electron chi connectivity index (χ3n) is 4.31. The van der Waals surface area contributed by atoms with Crippen molar-refractivity contribution in [2.24, 2.45) is 0 Å². The molecule has 0 saturated carbocycles. The molecule has 3 rings (SSSR count). The van der Waals surface area contributed by atoms with Crippen molar-refractivity contribution in [2.45, 2.75) is 32.2 Å². The van der Waals surface area contributed by atoms with Crippen molar-refractivity contribution in [3.63, 3.8) is 0 Å². The number of hydrogen-bond acceptors (Lipinski definition) is 7. The molecular formula is C17H17BF3N3O5. The molecule has 1 atom stereocenters. The number of amides is 1. The highest BCUT2D eigenvalue weighted by Crippen LogP contribution is 2.26. The van der Waals surface area contributed by atoms with E-state index in [1.54, 1.807) is 19.1 Å². The normalized spacial score (nSPS) is 14.5. The molecule has 0 fully saturated rings. The molecule has 0 unspecified atom stereocenters. The molecule has 12 heteroatoms. The molecule has 1 aromatic heterocycles. The van der Waals surface area contributed by atoms with Gasteiger partial charge in [0.1, 0.15) is 11.4 Å². The van der Waals surface area contributed by atoms with Crippen LogP contribution >= 0.6 is 0 Å². The molecular weight excluding hydrogens is 394 g/mol. The number of benzene rings is 1. The van der Waals surface area contributed by atoms with Crippen molar-refractivity contribution >= 4 is 18.5 Å². The Bertz CT molecular complexity index is 895. The Morgan fingerprint density at radius 3 is 2.76 bits per heavy atom. The molecule has 1 amide bonds. The number of aliphatic hydroxyl groups is 1. The lowest BCUT2D eigenvalue weighted by atomic mass is 9.76. The minimum atomic E-state index is -4.53. The van der Waals surface area contributed by atoms with Crippen LogP contribution in [0.15, 0.2) is 24.5 Å². The third kappa shape index (κ3) is 5.02. The fraction of sp³-hybridized carbons (Fsp3) is 0.353. The lowest BCUT2D eigenvalue weighted by molar-refractivity contribution is -0.141. The maximum atomic E-state index is 12.4. The van der Waals surface area contributed by atoms with Crippen LogP contribution in [0.4, 0.5) is 13.2 Å². The van der Waals surface area contributed by atoms with Crippen molar-refractivity contribution in [2.75, 3.05) is 6.61 Å². The fourth-order valence-corrected chi connectivity index (χ4v) is 2.90. The zero-order valence-electron chi connectivity index (χ0n) is 15.2. The first-order chi connectivity index (χ1) is 13.7. The first kappa shape index (κ1) is 21.0. The summed E-state index contributed by atoms with van der Waals surface area (Å²) < 4.78 is 48.0. The second-order valence-corrected chi connectivity index (χ2v) is 6.44. The first-order valence-corrected chi connectivity index (χ1v) is 8.58. The highest BCUT2D eigenvalue weighted by molar-refractivity contribution is 6.62. The van der Waals surface area contributed by atoms with Crippen molar-refractivity contribution in [1.29, 1.82) is 0 Å². The molecule has 2 heterocycles. The van der Waals surface area contributed by atoms with Crippen LogP contribution in [0.5, 0.6) is 11.6 Å². The minimum absolute atomic E-state index is 0.0482. The SMILES string of the molecule is Cc1c(Oc2cnc(C(=O)N[C@@H](CO)CC(F)(F)F)cn2)ccc2c1B(O)OC2. The average molecular weight is 411 g/mol. The number of aromatic nitrogens is 2. The van der Waals surface area contributed by atoms with E-state index in [1.165, 1.54) is 0 Å². The maximum absolute atomic E-state index is 12.4. The van der Waals surface area contributed by atoms with E-state index >= 15 is 0 Å². The number of ether oxygens (including phenoxy) is 1. The first-order valence-electron chi connectivity index (χ1n) is 8.58. The number of nitrogens with one attached hydrogen (secondary N) is 1. The average Bonchev–Trinajstić information content (AvgIpc) is 3.04. The van der Waals surface area contributed by atoms with Gasteiger partial charge in [-0.1, -0.05) is 6.07 Å². The number of fused-ring (bicyclic) bond motifs is 1. The molecule has 1 aromatic carbocycles. The quantitative estimate of drug-likeness (QED) is 0.604. The zero-order valence-corrected chi connectivity index (χ0v) is 15.2. The van der Waals surface area contributed by atoms with E-state index in [0.717, 1.165) is 18.0 Å². The van der Waals surface area contributed by atoms with Gasteiger partial charge in [0, 0.05) is 0 Å². The summed E-state index contributed by atoms with van der Waals surface area (Å²) >= 11 is 0. The molecule has 0 spiro atoms. The second-order valence-electron chi connectivity index (χ2n) is 6.44. The lowest BCUT2D eigenvalue weighted by Crippen LogP contribution is -2.40. The van der Waals surface area contributed by atoms with Crippen molar-refractivity contribution in [1.82, 2.24) is 15.3 Å². The number of aliphatic hydroxyl groups excluding tert-OH is 1. The van der Waals surface area contributed by atoms with Gasteiger partial charge in [-0.3, -0.25) is 4.79 Å². The lowest BCUT2D eigenvalue weighted by Gasteiger charge is -2.17. The van der Waals surface area contributed by atoms with Crippen molar-refractivity contribution in [3.8, 4) is 11.6 Å². The molecule has 154 valence electrons. The van der Waals surface area contributed by atoms with Crippen LogP contribution in [0.1, 0.15) is 28.0 Å².